The minimum atomic E-state index is -1.47. The van der Waals surface area contributed by atoms with Gasteiger partial charge in [0.05, 0.1) is 13.5 Å². The molecule has 98 valence electrons. The average Bonchev–Trinajstić information content (AvgIpc) is 2.75. The van der Waals surface area contributed by atoms with Gasteiger partial charge in [0, 0.05) is 0 Å². The van der Waals surface area contributed by atoms with E-state index in [1.54, 1.807) is 11.4 Å². The van der Waals surface area contributed by atoms with Gasteiger partial charge in [-0.3, -0.25) is 9.59 Å². The molecule has 0 fully saturated rings. The number of thiophene rings is 1. The van der Waals surface area contributed by atoms with Gasteiger partial charge in [0.2, 0.25) is 0 Å². The van der Waals surface area contributed by atoms with Gasteiger partial charge in [0.25, 0.3) is 5.91 Å². The van der Waals surface area contributed by atoms with E-state index in [1.807, 2.05) is 0 Å². The Morgan fingerprint density at radius 3 is 2.61 bits per heavy atom. The zero-order chi connectivity index (χ0) is 13.7. The predicted octanol–water partition coefficient (Wildman–Crippen LogP) is 0.414. The molecule has 7 nitrogen and oxygen atoms in total. The average molecular weight is 273 g/mol. The fraction of sp³-hybridized carbons (Fsp3) is 0.300. The molecule has 0 spiro atoms. The lowest BCUT2D eigenvalue weighted by molar-refractivity contribution is -0.145. The van der Waals surface area contributed by atoms with Gasteiger partial charge in [-0.1, -0.05) is 0 Å². The maximum Gasteiger partial charge on any atom is 0.326 e. The Bertz CT molecular complexity index is 469. The van der Waals surface area contributed by atoms with Gasteiger partial charge in [0.1, 0.15) is 16.7 Å². The number of nitrogens with one attached hydrogen (secondary N) is 1. The van der Waals surface area contributed by atoms with Crippen LogP contribution in [-0.2, 0) is 9.59 Å². The normalized spacial score (nSPS) is 11.6. The van der Waals surface area contributed by atoms with E-state index in [2.05, 4.69) is 5.32 Å². The quantitative estimate of drug-likeness (QED) is 0.692. The summed E-state index contributed by atoms with van der Waals surface area (Å²) in [5, 5.41) is 21.1. The summed E-state index contributed by atoms with van der Waals surface area (Å²) in [7, 11) is 1.38. The number of rotatable bonds is 6. The number of amides is 1. The van der Waals surface area contributed by atoms with E-state index >= 15 is 0 Å². The van der Waals surface area contributed by atoms with Crippen molar-refractivity contribution >= 4 is 29.2 Å². The van der Waals surface area contributed by atoms with Gasteiger partial charge < -0.3 is 20.3 Å². The lowest BCUT2D eigenvalue weighted by atomic mass is 10.2. The van der Waals surface area contributed by atoms with Crippen LogP contribution in [0.2, 0.25) is 0 Å². The lowest BCUT2D eigenvalue weighted by Gasteiger charge is -2.12. The van der Waals surface area contributed by atoms with E-state index in [0.717, 1.165) is 11.3 Å². The van der Waals surface area contributed by atoms with E-state index in [-0.39, 0.29) is 4.88 Å². The molecule has 1 aromatic heterocycles. The third kappa shape index (κ3) is 3.45. The Hall–Kier alpha value is -2.09. The zero-order valence-electron chi connectivity index (χ0n) is 9.37. The van der Waals surface area contributed by atoms with Crippen LogP contribution in [0.5, 0.6) is 5.75 Å². The Labute approximate surface area is 106 Å². The molecule has 0 aromatic carbocycles. The predicted molar refractivity (Wildman–Crippen MR) is 62.0 cm³/mol. The summed E-state index contributed by atoms with van der Waals surface area (Å²) in [6, 6.07) is 0.0915. The topological polar surface area (TPSA) is 113 Å². The van der Waals surface area contributed by atoms with Crippen LogP contribution in [-0.4, -0.2) is 41.2 Å². The smallest absolute Gasteiger partial charge is 0.326 e. The SMILES string of the molecule is COc1ccsc1C(=O)NC(CC(=O)O)C(=O)O. The van der Waals surface area contributed by atoms with Crippen molar-refractivity contribution < 1.29 is 29.3 Å². The summed E-state index contributed by atoms with van der Waals surface area (Å²) < 4.78 is 4.92. The first-order chi connectivity index (χ1) is 8.45. The van der Waals surface area contributed by atoms with Gasteiger partial charge in [-0.2, -0.15) is 0 Å². The number of methoxy groups -OCH3 is 1. The van der Waals surface area contributed by atoms with Crippen LogP contribution in [0.25, 0.3) is 0 Å². The summed E-state index contributed by atoms with van der Waals surface area (Å²) in [4.78, 5) is 33.2. The van der Waals surface area contributed by atoms with Gasteiger partial charge in [-0.25, -0.2) is 4.79 Å². The lowest BCUT2D eigenvalue weighted by Crippen LogP contribution is -2.42. The fourth-order valence-electron chi connectivity index (χ4n) is 1.22. The number of aliphatic carboxylic acids is 2. The first-order valence-electron chi connectivity index (χ1n) is 4.82. The Kier molecular flexibility index (Phi) is 4.67. The van der Waals surface area contributed by atoms with E-state index in [4.69, 9.17) is 14.9 Å². The summed E-state index contributed by atoms with van der Waals surface area (Å²) in [6.45, 7) is 0. The van der Waals surface area contributed by atoms with Crippen LogP contribution in [0.1, 0.15) is 16.1 Å². The number of carboxylic acids is 2. The molecule has 3 N–H and O–H groups in total. The molecule has 1 unspecified atom stereocenters. The van der Waals surface area contributed by atoms with E-state index in [9.17, 15) is 14.4 Å². The molecule has 0 aliphatic carbocycles. The molecule has 0 aliphatic heterocycles. The first-order valence-corrected chi connectivity index (χ1v) is 5.70. The van der Waals surface area contributed by atoms with Crippen molar-refractivity contribution in [2.24, 2.45) is 0 Å². The second-order valence-electron chi connectivity index (χ2n) is 3.28. The highest BCUT2D eigenvalue weighted by Crippen LogP contribution is 2.24. The molecular formula is C10H11NO6S. The van der Waals surface area contributed by atoms with Crippen LogP contribution in [0, 0.1) is 0 Å². The number of carbonyl (C=O) groups is 3. The maximum absolute atomic E-state index is 11.7. The Morgan fingerprint density at radius 2 is 2.11 bits per heavy atom. The molecular weight excluding hydrogens is 262 g/mol. The molecule has 0 aliphatic rings. The molecule has 0 saturated heterocycles. The van der Waals surface area contributed by atoms with Crippen molar-refractivity contribution in [1.29, 1.82) is 0 Å². The fourth-order valence-corrected chi connectivity index (χ4v) is 1.98. The van der Waals surface area contributed by atoms with Gasteiger partial charge in [-0.15, -0.1) is 11.3 Å². The van der Waals surface area contributed by atoms with Crippen LogP contribution in [0.3, 0.4) is 0 Å². The van der Waals surface area contributed by atoms with Crippen molar-refractivity contribution in [2.75, 3.05) is 7.11 Å². The van der Waals surface area contributed by atoms with E-state index in [1.165, 1.54) is 7.11 Å². The van der Waals surface area contributed by atoms with Gasteiger partial charge >= 0.3 is 11.9 Å². The largest absolute Gasteiger partial charge is 0.495 e. The van der Waals surface area contributed by atoms with Gasteiger partial charge in [-0.05, 0) is 11.4 Å². The molecule has 1 heterocycles. The highest BCUT2D eigenvalue weighted by Gasteiger charge is 2.25. The van der Waals surface area contributed by atoms with Crippen LogP contribution in [0.4, 0.5) is 0 Å². The summed E-state index contributed by atoms with van der Waals surface area (Å²) in [5.74, 6) is -3.06. The van der Waals surface area contributed by atoms with Crippen molar-refractivity contribution in [2.45, 2.75) is 12.5 Å². The number of carboxylic acid groups (broad SMARTS) is 2. The number of hydrogen-bond donors (Lipinski definition) is 3. The maximum atomic E-state index is 11.7. The summed E-state index contributed by atoms with van der Waals surface area (Å²) >= 11 is 1.08. The minimum Gasteiger partial charge on any atom is -0.495 e. The Balaban J connectivity index is 2.78. The van der Waals surface area contributed by atoms with Crippen molar-refractivity contribution in [3.63, 3.8) is 0 Å². The molecule has 1 aromatic rings. The molecule has 8 heteroatoms. The zero-order valence-corrected chi connectivity index (χ0v) is 10.2. The van der Waals surface area contributed by atoms with Crippen LogP contribution >= 0.6 is 11.3 Å². The monoisotopic (exact) mass is 273 g/mol. The molecule has 18 heavy (non-hydrogen) atoms. The third-order valence-electron chi connectivity index (χ3n) is 2.04. The highest BCUT2D eigenvalue weighted by molar-refractivity contribution is 7.12. The second kappa shape index (κ2) is 6.01. The van der Waals surface area contributed by atoms with Crippen molar-refractivity contribution in [3.8, 4) is 5.75 Å². The summed E-state index contributed by atoms with van der Waals surface area (Å²) in [5.41, 5.74) is 0. The highest BCUT2D eigenvalue weighted by atomic mass is 32.1. The molecule has 1 rings (SSSR count). The number of carbonyl (C=O) groups excluding carboxylic acids is 1. The molecule has 0 radical (unpaired) electrons. The number of ether oxygens (including phenoxy) is 1. The van der Waals surface area contributed by atoms with Crippen molar-refractivity contribution in [3.05, 3.63) is 16.3 Å². The molecule has 1 atom stereocenters. The molecule has 1 amide bonds. The number of hydrogen-bond acceptors (Lipinski definition) is 5. The van der Waals surface area contributed by atoms with E-state index < -0.39 is 30.3 Å². The van der Waals surface area contributed by atoms with Crippen LogP contribution < -0.4 is 10.1 Å². The third-order valence-corrected chi connectivity index (χ3v) is 2.93. The van der Waals surface area contributed by atoms with E-state index in [0.29, 0.717) is 5.75 Å². The molecule has 0 bridgehead atoms. The van der Waals surface area contributed by atoms with Crippen LogP contribution in [0.15, 0.2) is 11.4 Å². The Morgan fingerprint density at radius 1 is 1.44 bits per heavy atom. The summed E-state index contributed by atoms with van der Waals surface area (Å²) in [6.07, 6.45) is -0.686. The minimum absolute atomic E-state index is 0.203. The first kappa shape index (κ1) is 14.0. The van der Waals surface area contributed by atoms with Gasteiger partial charge in [0.15, 0.2) is 0 Å². The van der Waals surface area contributed by atoms with Crippen molar-refractivity contribution in [1.82, 2.24) is 5.32 Å². The second-order valence-corrected chi connectivity index (χ2v) is 4.20. The standard InChI is InChI=1S/C10H11NO6S/c1-17-6-2-3-18-8(6)9(14)11-5(10(15)16)4-7(12)13/h2-3,5H,4H2,1H3,(H,11,14)(H,12,13)(H,15,16). The molecule has 0 saturated carbocycles.